The van der Waals surface area contributed by atoms with E-state index < -0.39 is 10.0 Å². The average Bonchev–Trinajstić information content (AvgIpc) is 2.26. The highest BCUT2D eigenvalue weighted by atomic mass is 79.9. The van der Waals surface area contributed by atoms with Crippen molar-refractivity contribution in [3.63, 3.8) is 0 Å². The lowest BCUT2D eigenvalue weighted by Crippen LogP contribution is -2.38. The molecule has 2 unspecified atom stereocenters. The Balaban J connectivity index is 3.00. The number of hydrogen-bond acceptors (Lipinski definition) is 4. The minimum atomic E-state index is -3.67. The number of anilines is 1. The van der Waals surface area contributed by atoms with Crippen LogP contribution in [-0.4, -0.2) is 26.2 Å². The Kier molecular flexibility index (Phi) is 5.15. The van der Waals surface area contributed by atoms with Gasteiger partial charge in [-0.1, -0.05) is 22.9 Å². The first kappa shape index (κ1) is 15.4. The zero-order chi connectivity index (χ0) is 13.9. The third kappa shape index (κ3) is 3.68. The maximum absolute atomic E-state index is 12.1. The minimum Gasteiger partial charge on any atom is -0.398 e. The fraction of sp³-hybridized carbons (Fsp3) is 0.455. The van der Waals surface area contributed by atoms with E-state index in [2.05, 4.69) is 20.7 Å². The highest BCUT2D eigenvalue weighted by molar-refractivity contribution is 9.10. The van der Waals surface area contributed by atoms with Crippen molar-refractivity contribution < 1.29 is 13.5 Å². The molecule has 0 radical (unpaired) electrons. The van der Waals surface area contributed by atoms with E-state index in [9.17, 15) is 8.42 Å². The van der Waals surface area contributed by atoms with E-state index in [0.29, 0.717) is 0 Å². The van der Waals surface area contributed by atoms with Crippen LogP contribution in [0.15, 0.2) is 27.6 Å². The Bertz CT molecular complexity index is 519. The molecule has 1 aromatic rings. The lowest BCUT2D eigenvalue weighted by Gasteiger charge is -2.19. The number of halogens is 1. The monoisotopic (exact) mass is 336 g/mol. The molecular weight excluding hydrogens is 320 g/mol. The Morgan fingerprint density at radius 3 is 2.56 bits per heavy atom. The van der Waals surface area contributed by atoms with Gasteiger partial charge >= 0.3 is 0 Å². The number of nitrogen functional groups attached to an aromatic ring is 1. The van der Waals surface area contributed by atoms with E-state index in [1.807, 2.05) is 0 Å². The van der Waals surface area contributed by atoms with Crippen LogP contribution in [0, 0.1) is 5.92 Å². The number of nitrogens with one attached hydrogen (secondary N) is 1. The molecule has 1 aromatic carbocycles. The van der Waals surface area contributed by atoms with Gasteiger partial charge in [-0.25, -0.2) is 13.1 Å². The summed E-state index contributed by atoms with van der Waals surface area (Å²) in [4.78, 5) is 0.0442. The number of benzene rings is 1. The van der Waals surface area contributed by atoms with Gasteiger partial charge in [-0.2, -0.15) is 0 Å². The van der Waals surface area contributed by atoms with Crippen LogP contribution in [0.1, 0.15) is 13.8 Å². The molecule has 0 aliphatic carbocycles. The first-order valence-corrected chi connectivity index (χ1v) is 7.73. The van der Waals surface area contributed by atoms with E-state index in [-0.39, 0.29) is 29.1 Å². The molecule has 0 amide bonds. The van der Waals surface area contributed by atoms with Crippen molar-refractivity contribution in [3.05, 3.63) is 22.7 Å². The van der Waals surface area contributed by atoms with Crippen LogP contribution >= 0.6 is 15.9 Å². The Morgan fingerprint density at radius 1 is 1.44 bits per heavy atom. The fourth-order valence-corrected chi connectivity index (χ4v) is 3.19. The minimum absolute atomic E-state index is 0.0442. The van der Waals surface area contributed by atoms with Crippen molar-refractivity contribution in [1.82, 2.24) is 4.72 Å². The second-order valence-electron chi connectivity index (χ2n) is 4.25. The molecule has 0 aliphatic rings. The maximum Gasteiger partial charge on any atom is 0.242 e. The molecule has 1 rings (SSSR count). The van der Waals surface area contributed by atoms with Gasteiger partial charge in [-0.3, -0.25) is 0 Å². The molecule has 18 heavy (non-hydrogen) atoms. The average molecular weight is 337 g/mol. The molecule has 0 aromatic heterocycles. The number of aliphatic hydroxyl groups excluding tert-OH is 1. The van der Waals surface area contributed by atoms with E-state index in [4.69, 9.17) is 10.8 Å². The van der Waals surface area contributed by atoms with Gasteiger partial charge in [0.15, 0.2) is 0 Å². The maximum atomic E-state index is 12.1. The first-order valence-electron chi connectivity index (χ1n) is 5.46. The number of hydrogen-bond donors (Lipinski definition) is 3. The SMILES string of the molecule is CC(CO)C(C)NS(=O)(=O)c1ccc(Br)cc1N. The first-order chi connectivity index (χ1) is 8.27. The summed E-state index contributed by atoms with van der Waals surface area (Å²) < 4.78 is 27.4. The van der Waals surface area contributed by atoms with Crippen molar-refractivity contribution in [3.8, 4) is 0 Å². The summed E-state index contributed by atoms with van der Waals surface area (Å²) in [5.41, 5.74) is 5.87. The number of nitrogens with two attached hydrogens (primary N) is 1. The summed E-state index contributed by atoms with van der Waals surface area (Å²) in [6.07, 6.45) is 0. The molecule has 2 atom stereocenters. The third-order valence-corrected chi connectivity index (χ3v) is 4.87. The van der Waals surface area contributed by atoms with Crippen LogP contribution in [-0.2, 0) is 10.0 Å². The van der Waals surface area contributed by atoms with E-state index in [1.54, 1.807) is 19.9 Å². The van der Waals surface area contributed by atoms with Crippen LogP contribution in [0.25, 0.3) is 0 Å². The predicted molar refractivity (Wildman–Crippen MR) is 74.6 cm³/mol. The highest BCUT2D eigenvalue weighted by Gasteiger charge is 2.22. The number of aliphatic hydroxyl groups is 1. The second kappa shape index (κ2) is 6.01. The molecule has 0 saturated carbocycles. The third-order valence-electron chi connectivity index (χ3n) is 2.74. The zero-order valence-electron chi connectivity index (χ0n) is 10.2. The van der Waals surface area contributed by atoms with Crippen molar-refractivity contribution in [2.24, 2.45) is 5.92 Å². The quantitative estimate of drug-likeness (QED) is 0.707. The summed E-state index contributed by atoms with van der Waals surface area (Å²) >= 11 is 3.22. The molecule has 0 spiro atoms. The summed E-state index contributed by atoms with van der Waals surface area (Å²) in [6, 6.07) is 4.22. The van der Waals surface area contributed by atoms with Crippen molar-refractivity contribution >= 4 is 31.6 Å². The van der Waals surface area contributed by atoms with Gasteiger partial charge in [0, 0.05) is 17.1 Å². The van der Waals surface area contributed by atoms with Gasteiger partial charge in [-0.15, -0.1) is 0 Å². The fourth-order valence-electron chi connectivity index (χ4n) is 1.35. The molecule has 0 aliphatic heterocycles. The lowest BCUT2D eigenvalue weighted by atomic mass is 10.1. The smallest absolute Gasteiger partial charge is 0.242 e. The van der Waals surface area contributed by atoms with Crippen LogP contribution in [0.4, 0.5) is 5.69 Å². The highest BCUT2D eigenvalue weighted by Crippen LogP contribution is 2.23. The predicted octanol–water partition coefficient (Wildman–Crippen LogP) is 1.33. The molecule has 7 heteroatoms. The molecule has 0 bridgehead atoms. The van der Waals surface area contributed by atoms with Gasteiger partial charge in [-0.05, 0) is 31.0 Å². The van der Waals surface area contributed by atoms with Gasteiger partial charge in [0.2, 0.25) is 10.0 Å². The summed E-state index contributed by atoms with van der Waals surface area (Å²) in [5, 5.41) is 9.00. The number of sulfonamides is 1. The van der Waals surface area contributed by atoms with Crippen LogP contribution in [0.3, 0.4) is 0 Å². The second-order valence-corrected chi connectivity index (χ2v) is 6.85. The standard InChI is InChI=1S/C11H17BrN2O3S/c1-7(6-15)8(2)14-18(16,17)11-4-3-9(12)5-10(11)13/h3-5,7-8,14-15H,6,13H2,1-2H3. The van der Waals surface area contributed by atoms with Gasteiger partial charge in [0.25, 0.3) is 0 Å². The molecule has 102 valence electrons. The number of rotatable bonds is 5. The van der Waals surface area contributed by atoms with Crippen molar-refractivity contribution in [2.75, 3.05) is 12.3 Å². The van der Waals surface area contributed by atoms with E-state index in [0.717, 1.165) is 4.47 Å². The van der Waals surface area contributed by atoms with Crippen molar-refractivity contribution in [1.29, 1.82) is 0 Å². The summed E-state index contributed by atoms with van der Waals surface area (Å²) in [7, 11) is -3.67. The lowest BCUT2D eigenvalue weighted by molar-refractivity contribution is 0.216. The van der Waals surface area contributed by atoms with Crippen LogP contribution < -0.4 is 10.5 Å². The van der Waals surface area contributed by atoms with Crippen molar-refractivity contribution in [2.45, 2.75) is 24.8 Å². The van der Waals surface area contributed by atoms with E-state index in [1.165, 1.54) is 12.1 Å². The normalized spacial score (nSPS) is 15.3. The van der Waals surface area contributed by atoms with E-state index >= 15 is 0 Å². The molecule has 4 N–H and O–H groups in total. The van der Waals surface area contributed by atoms with Gasteiger partial charge < -0.3 is 10.8 Å². The summed E-state index contributed by atoms with van der Waals surface area (Å²) in [5.74, 6) is -0.170. The molecule has 0 saturated heterocycles. The Hall–Kier alpha value is -0.630. The summed E-state index contributed by atoms with van der Waals surface area (Å²) in [6.45, 7) is 3.38. The van der Waals surface area contributed by atoms with Crippen LogP contribution in [0.2, 0.25) is 0 Å². The van der Waals surface area contributed by atoms with Crippen LogP contribution in [0.5, 0.6) is 0 Å². The molecule has 0 fully saturated rings. The van der Waals surface area contributed by atoms with Gasteiger partial charge in [0.1, 0.15) is 4.90 Å². The van der Waals surface area contributed by atoms with Gasteiger partial charge in [0.05, 0.1) is 5.69 Å². The molecule has 5 nitrogen and oxygen atoms in total. The Labute approximate surface area is 116 Å². The zero-order valence-corrected chi connectivity index (χ0v) is 12.6. The largest absolute Gasteiger partial charge is 0.398 e. The topological polar surface area (TPSA) is 92.4 Å². The Morgan fingerprint density at radius 2 is 2.06 bits per heavy atom. The molecule has 0 heterocycles. The molecular formula is C11H17BrN2O3S.